The first-order chi connectivity index (χ1) is 8.24. The topological polar surface area (TPSA) is 22.8 Å². The maximum Gasteiger partial charge on any atom is 0.128 e. The number of rotatable bonds is 2. The fourth-order valence-electron chi connectivity index (χ4n) is 2.01. The molecule has 3 nitrogen and oxygen atoms in total. The first-order valence-corrected chi connectivity index (χ1v) is 5.82. The highest BCUT2D eigenvalue weighted by Crippen LogP contribution is 2.21. The van der Waals surface area contributed by atoms with Gasteiger partial charge in [-0.2, -0.15) is 0 Å². The van der Waals surface area contributed by atoms with E-state index in [1.165, 1.54) is 5.52 Å². The third kappa shape index (κ3) is 1.83. The smallest absolute Gasteiger partial charge is 0.128 e. The molecule has 0 atom stereocenters. The summed E-state index contributed by atoms with van der Waals surface area (Å²) >= 11 is 5.97. The number of imidazole rings is 1. The molecule has 1 aromatic carbocycles. The van der Waals surface area contributed by atoms with E-state index < -0.39 is 0 Å². The molecule has 0 saturated heterocycles. The summed E-state index contributed by atoms with van der Waals surface area (Å²) in [7, 11) is 2.00. The second-order valence-corrected chi connectivity index (χ2v) is 4.54. The van der Waals surface area contributed by atoms with Crippen LogP contribution >= 0.6 is 11.6 Å². The molecule has 0 spiro atoms. The summed E-state index contributed by atoms with van der Waals surface area (Å²) in [5, 5.41) is 1.93. The minimum atomic E-state index is 0.771. The van der Waals surface area contributed by atoms with Crippen LogP contribution in [0.2, 0.25) is 5.02 Å². The van der Waals surface area contributed by atoms with Crippen molar-refractivity contribution in [3.05, 3.63) is 53.7 Å². The first kappa shape index (κ1) is 10.4. The minimum Gasteiger partial charge on any atom is -0.340 e. The summed E-state index contributed by atoms with van der Waals surface area (Å²) in [5.41, 5.74) is 1.18. The van der Waals surface area contributed by atoms with E-state index in [-0.39, 0.29) is 0 Å². The van der Waals surface area contributed by atoms with Crippen LogP contribution in [-0.4, -0.2) is 14.1 Å². The van der Waals surface area contributed by atoms with Crippen LogP contribution in [0.25, 0.3) is 10.9 Å². The summed E-state index contributed by atoms with van der Waals surface area (Å²) in [4.78, 5) is 4.33. The monoisotopic (exact) mass is 245 g/mol. The summed E-state index contributed by atoms with van der Waals surface area (Å²) < 4.78 is 4.20. The van der Waals surface area contributed by atoms with E-state index in [1.54, 1.807) is 0 Å². The normalized spacial score (nSPS) is 11.2. The van der Waals surface area contributed by atoms with Gasteiger partial charge in [0, 0.05) is 41.6 Å². The molecular weight excluding hydrogens is 234 g/mol. The molecule has 0 unspecified atom stereocenters. The Balaban J connectivity index is 2.04. The lowest BCUT2D eigenvalue weighted by molar-refractivity contribution is 0.718. The van der Waals surface area contributed by atoms with E-state index in [1.807, 2.05) is 42.2 Å². The number of benzene rings is 1. The average molecular weight is 246 g/mol. The minimum absolute atomic E-state index is 0.771. The lowest BCUT2D eigenvalue weighted by Crippen LogP contribution is -2.04. The molecule has 0 fully saturated rings. The second kappa shape index (κ2) is 3.93. The molecule has 0 radical (unpaired) electrons. The number of halogens is 1. The van der Waals surface area contributed by atoms with Gasteiger partial charge in [-0.3, -0.25) is 0 Å². The Morgan fingerprint density at radius 1 is 1.24 bits per heavy atom. The van der Waals surface area contributed by atoms with Crippen molar-refractivity contribution < 1.29 is 0 Å². The molecule has 2 aromatic heterocycles. The number of fused-ring (bicyclic) bond motifs is 1. The Bertz CT molecular complexity index is 666. The molecule has 2 heterocycles. The highest BCUT2D eigenvalue weighted by molar-refractivity contribution is 6.31. The van der Waals surface area contributed by atoms with Crippen molar-refractivity contribution in [1.29, 1.82) is 0 Å². The van der Waals surface area contributed by atoms with E-state index >= 15 is 0 Å². The maximum absolute atomic E-state index is 5.97. The van der Waals surface area contributed by atoms with Crippen LogP contribution in [0.5, 0.6) is 0 Å². The Morgan fingerprint density at radius 2 is 2.12 bits per heavy atom. The first-order valence-electron chi connectivity index (χ1n) is 5.44. The quantitative estimate of drug-likeness (QED) is 0.680. The van der Waals surface area contributed by atoms with E-state index in [0.29, 0.717) is 0 Å². The standard InChI is InChI=1S/C13H12ClN3/c1-16-7-5-15-13(16)9-17-6-4-10-8-11(14)2-3-12(10)17/h2-8H,9H2,1H3. The number of aryl methyl sites for hydroxylation is 1. The van der Waals surface area contributed by atoms with Gasteiger partial charge in [-0.1, -0.05) is 11.6 Å². The molecule has 0 saturated carbocycles. The largest absolute Gasteiger partial charge is 0.340 e. The number of hydrogen-bond acceptors (Lipinski definition) is 1. The van der Waals surface area contributed by atoms with Crippen LogP contribution in [0.1, 0.15) is 5.82 Å². The van der Waals surface area contributed by atoms with Gasteiger partial charge >= 0.3 is 0 Å². The summed E-state index contributed by atoms with van der Waals surface area (Å²) in [5.74, 6) is 1.04. The highest BCUT2D eigenvalue weighted by atomic mass is 35.5. The molecule has 86 valence electrons. The zero-order valence-electron chi connectivity index (χ0n) is 9.47. The van der Waals surface area contributed by atoms with Gasteiger partial charge in [-0.05, 0) is 24.3 Å². The van der Waals surface area contributed by atoms with Gasteiger partial charge in [0.2, 0.25) is 0 Å². The van der Waals surface area contributed by atoms with Crippen molar-refractivity contribution in [1.82, 2.24) is 14.1 Å². The molecule has 3 rings (SSSR count). The average Bonchev–Trinajstić information content (AvgIpc) is 2.87. The Hall–Kier alpha value is -1.74. The molecule has 4 heteroatoms. The van der Waals surface area contributed by atoms with Crippen LogP contribution in [0.4, 0.5) is 0 Å². The Labute approximate surface area is 104 Å². The fraction of sp³-hybridized carbons (Fsp3) is 0.154. The van der Waals surface area contributed by atoms with E-state index in [9.17, 15) is 0 Å². The summed E-state index contributed by atoms with van der Waals surface area (Å²) in [6, 6.07) is 8.01. The zero-order chi connectivity index (χ0) is 11.8. The second-order valence-electron chi connectivity index (χ2n) is 4.10. The predicted molar refractivity (Wildman–Crippen MR) is 69.3 cm³/mol. The summed E-state index contributed by atoms with van der Waals surface area (Å²) in [6.45, 7) is 0.772. The predicted octanol–water partition coefficient (Wildman–Crippen LogP) is 3.08. The highest BCUT2D eigenvalue weighted by Gasteiger charge is 2.04. The van der Waals surface area contributed by atoms with Gasteiger partial charge in [0.1, 0.15) is 5.82 Å². The van der Waals surface area contributed by atoms with Crippen molar-refractivity contribution in [3.8, 4) is 0 Å². The number of aromatic nitrogens is 3. The van der Waals surface area contributed by atoms with Crippen molar-refractivity contribution in [2.45, 2.75) is 6.54 Å². The zero-order valence-corrected chi connectivity index (χ0v) is 10.2. The summed E-state index contributed by atoms with van der Waals surface area (Å²) in [6.07, 6.45) is 5.84. The van der Waals surface area contributed by atoms with Crippen molar-refractivity contribution in [2.24, 2.45) is 7.05 Å². The Kier molecular flexibility index (Phi) is 2.41. The molecule has 3 aromatic rings. The number of nitrogens with zero attached hydrogens (tertiary/aromatic N) is 3. The van der Waals surface area contributed by atoms with Gasteiger partial charge in [0.15, 0.2) is 0 Å². The van der Waals surface area contributed by atoms with Gasteiger partial charge in [-0.15, -0.1) is 0 Å². The fourth-order valence-corrected chi connectivity index (χ4v) is 2.19. The maximum atomic E-state index is 5.97. The van der Waals surface area contributed by atoms with E-state index in [4.69, 9.17) is 11.6 Å². The van der Waals surface area contributed by atoms with Crippen molar-refractivity contribution >= 4 is 22.5 Å². The molecular formula is C13H12ClN3. The van der Waals surface area contributed by atoms with Crippen LogP contribution in [0.15, 0.2) is 42.9 Å². The van der Waals surface area contributed by atoms with Gasteiger partial charge < -0.3 is 9.13 Å². The van der Waals surface area contributed by atoms with Crippen molar-refractivity contribution in [3.63, 3.8) is 0 Å². The molecule has 0 bridgehead atoms. The molecule has 0 N–H and O–H groups in total. The third-order valence-corrected chi connectivity index (χ3v) is 3.20. The van der Waals surface area contributed by atoms with Crippen LogP contribution in [0, 0.1) is 0 Å². The molecule has 17 heavy (non-hydrogen) atoms. The molecule has 0 aliphatic heterocycles. The van der Waals surface area contributed by atoms with Crippen LogP contribution in [-0.2, 0) is 13.6 Å². The van der Waals surface area contributed by atoms with E-state index in [2.05, 4.69) is 21.8 Å². The van der Waals surface area contributed by atoms with Crippen molar-refractivity contribution in [2.75, 3.05) is 0 Å². The molecule has 0 amide bonds. The molecule has 0 aliphatic carbocycles. The van der Waals surface area contributed by atoms with Crippen LogP contribution < -0.4 is 0 Å². The molecule has 0 aliphatic rings. The number of hydrogen-bond donors (Lipinski definition) is 0. The van der Waals surface area contributed by atoms with E-state index in [0.717, 1.165) is 22.8 Å². The SMILES string of the molecule is Cn1ccnc1Cn1ccc2cc(Cl)ccc21. The van der Waals surface area contributed by atoms with Gasteiger partial charge in [-0.25, -0.2) is 4.98 Å². The lowest BCUT2D eigenvalue weighted by atomic mass is 10.2. The third-order valence-electron chi connectivity index (χ3n) is 2.97. The van der Waals surface area contributed by atoms with Gasteiger partial charge in [0.25, 0.3) is 0 Å². The lowest BCUT2D eigenvalue weighted by Gasteiger charge is -2.05. The van der Waals surface area contributed by atoms with Gasteiger partial charge in [0.05, 0.1) is 6.54 Å². The van der Waals surface area contributed by atoms with Crippen LogP contribution in [0.3, 0.4) is 0 Å². The Morgan fingerprint density at radius 3 is 2.88 bits per heavy atom.